The molecule has 0 radical (unpaired) electrons. The molecule has 2 rings (SSSR count). The highest BCUT2D eigenvalue weighted by atomic mass is 79.9. The van der Waals surface area contributed by atoms with Crippen LogP contribution >= 0.6 is 31.9 Å². The van der Waals surface area contributed by atoms with Crippen molar-refractivity contribution in [3.63, 3.8) is 0 Å². The maximum Gasteiger partial charge on any atom is 0.130 e. The molecule has 0 saturated heterocycles. The highest BCUT2D eigenvalue weighted by Crippen LogP contribution is 2.33. The van der Waals surface area contributed by atoms with Gasteiger partial charge in [-0.3, -0.25) is 0 Å². The molecule has 128 valence electrons. The van der Waals surface area contributed by atoms with Crippen LogP contribution in [-0.2, 0) is 0 Å². The van der Waals surface area contributed by atoms with Crippen molar-refractivity contribution in [1.82, 2.24) is 4.90 Å². The third kappa shape index (κ3) is 5.35. The van der Waals surface area contributed by atoms with Gasteiger partial charge < -0.3 is 9.64 Å². The lowest BCUT2D eigenvalue weighted by Crippen LogP contribution is -2.16. The number of rotatable bonds is 6. The lowest BCUT2D eigenvalue weighted by Gasteiger charge is -2.13. The van der Waals surface area contributed by atoms with Crippen LogP contribution in [-0.4, -0.2) is 24.8 Å². The van der Waals surface area contributed by atoms with E-state index in [1.165, 1.54) is 0 Å². The monoisotopic (exact) mass is 452 g/mol. The molecule has 24 heavy (non-hydrogen) atoms. The predicted octanol–water partition coefficient (Wildman–Crippen LogP) is 6.62. The maximum absolute atomic E-state index is 6.05. The van der Waals surface area contributed by atoms with Gasteiger partial charge in [0.25, 0.3) is 0 Å². The summed E-state index contributed by atoms with van der Waals surface area (Å²) in [7, 11) is 2.04. The highest BCUT2D eigenvalue weighted by molar-refractivity contribution is 9.11. The molecule has 0 amide bonds. The second-order valence-corrected chi connectivity index (χ2v) is 7.67. The minimum atomic E-state index is 0.790. The van der Waals surface area contributed by atoms with Gasteiger partial charge >= 0.3 is 0 Å². The van der Waals surface area contributed by atoms with Crippen LogP contribution in [0.25, 0.3) is 0 Å². The first-order chi connectivity index (χ1) is 11.4. The highest BCUT2D eigenvalue weighted by Gasteiger charge is 2.07. The van der Waals surface area contributed by atoms with E-state index in [1.807, 2.05) is 44.6 Å². The van der Waals surface area contributed by atoms with Gasteiger partial charge in [0.05, 0.1) is 12.0 Å². The molecular weight excluding hydrogens is 432 g/mol. The van der Waals surface area contributed by atoms with Crippen molar-refractivity contribution in [2.75, 3.05) is 13.6 Å². The van der Waals surface area contributed by atoms with Gasteiger partial charge in [0.15, 0.2) is 0 Å². The Bertz CT molecular complexity index is 724. The van der Waals surface area contributed by atoms with Gasteiger partial charge in [0, 0.05) is 22.5 Å². The lowest BCUT2D eigenvalue weighted by atomic mass is 10.1. The topological polar surface area (TPSA) is 24.8 Å². The Hall–Kier alpha value is -1.33. The van der Waals surface area contributed by atoms with Crippen LogP contribution in [0.5, 0.6) is 11.5 Å². The van der Waals surface area contributed by atoms with Crippen LogP contribution in [0.1, 0.15) is 24.5 Å². The first kappa shape index (κ1) is 19.0. The van der Waals surface area contributed by atoms with Gasteiger partial charge in [-0.25, -0.2) is 4.99 Å². The third-order valence-electron chi connectivity index (χ3n) is 3.53. The van der Waals surface area contributed by atoms with Crippen LogP contribution in [0.2, 0.25) is 0 Å². The summed E-state index contributed by atoms with van der Waals surface area (Å²) >= 11 is 6.97. The summed E-state index contributed by atoms with van der Waals surface area (Å²) in [6.07, 6.45) is 2.99. The van der Waals surface area contributed by atoms with Crippen molar-refractivity contribution in [2.24, 2.45) is 4.99 Å². The number of aryl methyl sites for hydroxylation is 2. The van der Waals surface area contributed by atoms with Crippen LogP contribution in [0.15, 0.2) is 44.3 Å². The van der Waals surface area contributed by atoms with Crippen molar-refractivity contribution in [3.05, 3.63) is 50.4 Å². The number of hydrogen-bond acceptors (Lipinski definition) is 2. The molecule has 0 heterocycles. The molecule has 0 aromatic heterocycles. The smallest absolute Gasteiger partial charge is 0.130 e. The Balaban J connectivity index is 2.23. The van der Waals surface area contributed by atoms with Crippen LogP contribution in [0, 0.1) is 13.8 Å². The fourth-order valence-corrected chi connectivity index (χ4v) is 3.56. The average molecular weight is 454 g/mol. The summed E-state index contributed by atoms with van der Waals surface area (Å²) in [5.74, 6) is 1.64. The zero-order chi connectivity index (χ0) is 17.7. The van der Waals surface area contributed by atoms with E-state index in [0.717, 1.165) is 50.2 Å². The van der Waals surface area contributed by atoms with Crippen molar-refractivity contribution >= 4 is 43.9 Å². The SMILES string of the molecule is CCCN(C)/C=N/c1cc(C)c(Oc2cc(Br)cc(Br)c2)cc1C. The summed E-state index contributed by atoms with van der Waals surface area (Å²) in [6.45, 7) is 7.25. The van der Waals surface area contributed by atoms with Gasteiger partial charge in [-0.15, -0.1) is 0 Å². The molecule has 2 aromatic rings. The van der Waals surface area contributed by atoms with E-state index in [4.69, 9.17) is 4.74 Å². The van der Waals surface area contributed by atoms with Crippen LogP contribution < -0.4 is 4.74 Å². The zero-order valence-electron chi connectivity index (χ0n) is 14.4. The van der Waals surface area contributed by atoms with Crippen molar-refractivity contribution in [2.45, 2.75) is 27.2 Å². The first-order valence-corrected chi connectivity index (χ1v) is 9.47. The van der Waals surface area contributed by atoms with E-state index < -0.39 is 0 Å². The van der Waals surface area contributed by atoms with Crippen LogP contribution in [0.4, 0.5) is 5.69 Å². The second kappa shape index (κ2) is 8.67. The summed E-state index contributed by atoms with van der Waals surface area (Å²) in [5, 5.41) is 0. The first-order valence-electron chi connectivity index (χ1n) is 7.88. The molecule has 2 aromatic carbocycles. The largest absolute Gasteiger partial charge is 0.457 e. The summed E-state index contributed by atoms with van der Waals surface area (Å²) in [5.41, 5.74) is 3.12. The van der Waals surface area contributed by atoms with Gasteiger partial charge in [-0.1, -0.05) is 38.8 Å². The average Bonchev–Trinajstić information content (AvgIpc) is 2.48. The van der Waals surface area contributed by atoms with E-state index >= 15 is 0 Å². The van der Waals surface area contributed by atoms with Crippen LogP contribution in [0.3, 0.4) is 0 Å². The second-order valence-electron chi connectivity index (χ2n) is 5.84. The Morgan fingerprint density at radius 1 is 1.04 bits per heavy atom. The number of hydrogen-bond donors (Lipinski definition) is 0. The molecule has 0 aliphatic heterocycles. The van der Waals surface area contributed by atoms with Crippen molar-refractivity contribution < 1.29 is 4.74 Å². The van der Waals surface area contributed by atoms with Gasteiger partial charge in [-0.2, -0.15) is 0 Å². The fourth-order valence-electron chi connectivity index (χ4n) is 2.31. The third-order valence-corrected chi connectivity index (χ3v) is 4.44. The number of aliphatic imine (C=N–C) groups is 1. The number of halogens is 2. The minimum absolute atomic E-state index is 0.790. The Kier molecular flexibility index (Phi) is 6.87. The normalized spacial score (nSPS) is 11.1. The van der Waals surface area contributed by atoms with Crippen molar-refractivity contribution in [1.29, 1.82) is 0 Å². The summed E-state index contributed by atoms with van der Waals surface area (Å²) in [6, 6.07) is 9.98. The molecule has 0 bridgehead atoms. The molecule has 0 atom stereocenters. The summed E-state index contributed by atoms with van der Waals surface area (Å²) < 4.78 is 8.00. The van der Waals surface area contributed by atoms with E-state index in [0.29, 0.717) is 0 Å². The molecule has 0 fully saturated rings. The van der Waals surface area contributed by atoms with Gasteiger partial charge in [0.1, 0.15) is 11.5 Å². The quantitative estimate of drug-likeness (QED) is 0.362. The standard InChI is InChI=1S/C19H22Br2N2O/c1-5-6-23(4)12-22-18-7-14(3)19(8-13(18)2)24-17-10-15(20)9-16(21)11-17/h7-12H,5-6H2,1-4H3/b22-12+. The Morgan fingerprint density at radius 3 is 2.33 bits per heavy atom. The number of nitrogens with zero attached hydrogens (tertiary/aromatic N) is 2. The lowest BCUT2D eigenvalue weighted by molar-refractivity contribution is 0.478. The fraction of sp³-hybridized carbons (Fsp3) is 0.316. The van der Waals surface area contributed by atoms with E-state index in [1.54, 1.807) is 0 Å². The molecule has 0 saturated carbocycles. The molecule has 0 unspecified atom stereocenters. The van der Waals surface area contributed by atoms with E-state index in [2.05, 4.69) is 61.7 Å². The molecule has 0 aliphatic carbocycles. The zero-order valence-corrected chi connectivity index (χ0v) is 17.6. The number of ether oxygens (including phenoxy) is 1. The van der Waals surface area contributed by atoms with Gasteiger partial charge in [0.2, 0.25) is 0 Å². The molecule has 0 spiro atoms. The Morgan fingerprint density at radius 2 is 1.71 bits per heavy atom. The molecule has 0 aliphatic rings. The molecule has 5 heteroatoms. The molecular formula is C19H22Br2N2O. The molecule has 0 N–H and O–H groups in total. The van der Waals surface area contributed by atoms with E-state index in [9.17, 15) is 0 Å². The Labute approximate surface area is 161 Å². The van der Waals surface area contributed by atoms with E-state index in [-0.39, 0.29) is 0 Å². The number of benzene rings is 2. The summed E-state index contributed by atoms with van der Waals surface area (Å²) in [4.78, 5) is 6.69. The predicted molar refractivity (Wildman–Crippen MR) is 109 cm³/mol. The van der Waals surface area contributed by atoms with Crippen molar-refractivity contribution in [3.8, 4) is 11.5 Å². The van der Waals surface area contributed by atoms with Gasteiger partial charge in [-0.05, 0) is 61.7 Å². The maximum atomic E-state index is 6.05. The minimum Gasteiger partial charge on any atom is -0.457 e. The molecule has 3 nitrogen and oxygen atoms in total.